The first-order valence-electron chi connectivity index (χ1n) is 3.95. The van der Waals surface area contributed by atoms with Gasteiger partial charge < -0.3 is 5.11 Å². The molecule has 1 atom stereocenters. The lowest BCUT2D eigenvalue weighted by Gasteiger charge is -2.00. The fraction of sp³-hybridized carbons (Fsp3) is 0.778. The molecule has 1 heteroatoms. The highest BCUT2D eigenvalue weighted by atomic mass is 16.3. The summed E-state index contributed by atoms with van der Waals surface area (Å²) in [7, 11) is 0. The van der Waals surface area contributed by atoms with Crippen molar-refractivity contribution in [1.82, 2.24) is 0 Å². The topological polar surface area (TPSA) is 20.2 Å². The van der Waals surface area contributed by atoms with Gasteiger partial charge in [-0.05, 0) is 12.8 Å². The molecule has 1 N–H and O–H groups in total. The van der Waals surface area contributed by atoms with Crippen LogP contribution in [0.25, 0.3) is 0 Å². The van der Waals surface area contributed by atoms with Gasteiger partial charge in [0.15, 0.2) is 0 Å². The Morgan fingerprint density at radius 2 is 2.10 bits per heavy atom. The second-order valence-electron chi connectivity index (χ2n) is 2.53. The van der Waals surface area contributed by atoms with Crippen LogP contribution in [0.15, 0.2) is 0 Å². The molecule has 0 aromatic heterocycles. The zero-order chi connectivity index (χ0) is 7.82. The van der Waals surface area contributed by atoms with Gasteiger partial charge in [-0.25, -0.2) is 0 Å². The Morgan fingerprint density at radius 3 is 2.60 bits per heavy atom. The smallest absolute Gasteiger partial charge is 0.114 e. The highest BCUT2D eigenvalue weighted by Gasteiger charge is 1.96. The van der Waals surface area contributed by atoms with E-state index in [9.17, 15) is 0 Å². The van der Waals surface area contributed by atoms with Gasteiger partial charge in [0.2, 0.25) is 0 Å². The molecular formula is C9H16O. The first kappa shape index (κ1) is 9.52. The van der Waals surface area contributed by atoms with E-state index in [0.717, 1.165) is 12.8 Å². The molecule has 0 unspecified atom stereocenters. The molecule has 0 saturated heterocycles. The lowest BCUT2D eigenvalue weighted by molar-refractivity contribution is 0.217. The predicted octanol–water partition coefficient (Wildman–Crippen LogP) is 1.95. The number of hydrogen-bond donors (Lipinski definition) is 1. The third-order valence-corrected chi connectivity index (χ3v) is 1.52. The van der Waals surface area contributed by atoms with Gasteiger partial charge in [0, 0.05) is 0 Å². The minimum atomic E-state index is -0.517. The molecule has 0 fully saturated rings. The highest BCUT2D eigenvalue weighted by Crippen LogP contribution is 2.04. The summed E-state index contributed by atoms with van der Waals surface area (Å²) in [5, 5.41) is 8.92. The molecule has 0 aliphatic heterocycles. The molecule has 0 aliphatic rings. The van der Waals surface area contributed by atoms with Crippen molar-refractivity contribution in [2.24, 2.45) is 0 Å². The molecule has 0 aliphatic carbocycles. The van der Waals surface area contributed by atoms with Crippen molar-refractivity contribution in [3.05, 3.63) is 0 Å². The maximum Gasteiger partial charge on any atom is 0.114 e. The van der Waals surface area contributed by atoms with E-state index < -0.39 is 6.10 Å². The van der Waals surface area contributed by atoms with E-state index in [-0.39, 0.29) is 0 Å². The first-order chi connectivity index (χ1) is 4.81. The van der Waals surface area contributed by atoms with Crippen LogP contribution in [0.5, 0.6) is 0 Å². The molecule has 0 radical (unpaired) electrons. The standard InChI is InChI=1S/C9H16O/c1-3-5-6-7-8-9(10)4-2/h2,9-10H,3,5-8H2,1H3/t9-/m0/s1. The molecule has 10 heavy (non-hydrogen) atoms. The van der Waals surface area contributed by atoms with E-state index in [2.05, 4.69) is 12.8 Å². The maximum atomic E-state index is 8.92. The highest BCUT2D eigenvalue weighted by molar-refractivity contribution is 4.92. The normalized spacial score (nSPS) is 12.5. The van der Waals surface area contributed by atoms with Gasteiger partial charge in [0.1, 0.15) is 6.10 Å². The van der Waals surface area contributed by atoms with E-state index >= 15 is 0 Å². The molecule has 0 bridgehead atoms. The van der Waals surface area contributed by atoms with Crippen molar-refractivity contribution in [2.45, 2.75) is 45.1 Å². The van der Waals surface area contributed by atoms with E-state index in [4.69, 9.17) is 11.5 Å². The minimum Gasteiger partial charge on any atom is -0.380 e. The Balaban J connectivity index is 2.98. The van der Waals surface area contributed by atoms with Crippen LogP contribution in [-0.4, -0.2) is 11.2 Å². The SMILES string of the molecule is C#C[C@H](O)CCCCCC. The van der Waals surface area contributed by atoms with Gasteiger partial charge in [0.05, 0.1) is 0 Å². The summed E-state index contributed by atoms with van der Waals surface area (Å²) < 4.78 is 0. The Hall–Kier alpha value is -0.480. The van der Waals surface area contributed by atoms with Crippen LogP contribution in [0.4, 0.5) is 0 Å². The predicted molar refractivity (Wildman–Crippen MR) is 43.6 cm³/mol. The van der Waals surface area contributed by atoms with E-state index in [1.807, 2.05) is 0 Å². The lowest BCUT2D eigenvalue weighted by Crippen LogP contribution is -2.01. The lowest BCUT2D eigenvalue weighted by atomic mass is 10.1. The molecule has 58 valence electrons. The number of rotatable bonds is 5. The van der Waals surface area contributed by atoms with Crippen molar-refractivity contribution in [3.63, 3.8) is 0 Å². The Morgan fingerprint density at radius 1 is 1.40 bits per heavy atom. The van der Waals surface area contributed by atoms with Crippen LogP contribution in [0.1, 0.15) is 39.0 Å². The van der Waals surface area contributed by atoms with E-state index in [0.29, 0.717) is 0 Å². The Bertz CT molecular complexity index is 102. The molecule has 0 aromatic carbocycles. The van der Waals surface area contributed by atoms with Gasteiger partial charge in [-0.1, -0.05) is 32.1 Å². The van der Waals surface area contributed by atoms with Crippen molar-refractivity contribution < 1.29 is 5.11 Å². The fourth-order valence-electron chi connectivity index (χ4n) is 0.848. The van der Waals surface area contributed by atoms with Gasteiger partial charge in [0.25, 0.3) is 0 Å². The number of unbranched alkanes of at least 4 members (excludes halogenated alkanes) is 3. The van der Waals surface area contributed by atoms with Crippen molar-refractivity contribution in [3.8, 4) is 12.3 Å². The van der Waals surface area contributed by atoms with Gasteiger partial charge in [-0.2, -0.15) is 0 Å². The number of hydrogen-bond acceptors (Lipinski definition) is 1. The molecule has 0 amide bonds. The number of terminal acetylenes is 1. The second kappa shape index (κ2) is 6.64. The molecule has 0 saturated carbocycles. The third kappa shape index (κ3) is 5.65. The average molecular weight is 140 g/mol. The summed E-state index contributed by atoms with van der Waals surface area (Å²) >= 11 is 0. The minimum absolute atomic E-state index is 0.517. The molecule has 0 spiro atoms. The summed E-state index contributed by atoms with van der Waals surface area (Å²) in [4.78, 5) is 0. The summed E-state index contributed by atoms with van der Waals surface area (Å²) in [6, 6.07) is 0. The first-order valence-corrected chi connectivity index (χ1v) is 3.95. The monoisotopic (exact) mass is 140 g/mol. The number of aliphatic hydroxyl groups is 1. The van der Waals surface area contributed by atoms with Gasteiger partial charge in [-0.15, -0.1) is 6.42 Å². The average Bonchev–Trinajstić information content (AvgIpc) is 1.98. The zero-order valence-corrected chi connectivity index (χ0v) is 6.64. The van der Waals surface area contributed by atoms with Crippen LogP contribution in [0, 0.1) is 12.3 Å². The molecule has 1 nitrogen and oxygen atoms in total. The summed E-state index contributed by atoms with van der Waals surface area (Å²) in [6.45, 7) is 2.16. The summed E-state index contributed by atoms with van der Waals surface area (Å²) in [5.74, 6) is 2.30. The van der Waals surface area contributed by atoms with E-state index in [1.165, 1.54) is 19.3 Å². The molecule has 0 aromatic rings. The van der Waals surface area contributed by atoms with Crippen molar-refractivity contribution >= 4 is 0 Å². The molecule has 0 heterocycles. The zero-order valence-electron chi connectivity index (χ0n) is 6.64. The summed E-state index contributed by atoms with van der Waals surface area (Å²) in [6.07, 6.45) is 9.95. The van der Waals surface area contributed by atoms with Gasteiger partial charge >= 0.3 is 0 Å². The van der Waals surface area contributed by atoms with Crippen LogP contribution >= 0.6 is 0 Å². The quantitative estimate of drug-likeness (QED) is 0.457. The van der Waals surface area contributed by atoms with E-state index in [1.54, 1.807) is 0 Å². The second-order valence-corrected chi connectivity index (χ2v) is 2.53. The summed E-state index contributed by atoms with van der Waals surface area (Å²) in [5.41, 5.74) is 0. The van der Waals surface area contributed by atoms with Crippen molar-refractivity contribution in [2.75, 3.05) is 0 Å². The van der Waals surface area contributed by atoms with Gasteiger partial charge in [-0.3, -0.25) is 0 Å². The maximum absolute atomic E-state index is 8.92. The Kier molecular flexibility index (Phi) is 6.32. The van der Waals surface area contributed by atoms with Crippen LogP contribution in [-0.2, 0) is 0 Å². The third-order valence-electron chi connectivity index (χ3n) is 1.52. The molecule has 0 rings (SSSR count). The van der Waals surface area contributed by atoms with Crippen LogP contribution < -0.4 is 0 Å². The fourth-order valence-corrected chi connectivity index (χ4v) is 0.848. The van der Waals surface area contributed by atoms with Crippen LogP contribution in [0.3, 0.4) is 0 Å². The molecular weight excluding hydrogens is 124 g/mol. The largest absolute Gasteiger partial charge is 0.380 e. The van der Waals surface area contributed by atoms with Crippen molar-refractivity contribution in [1.29, 1.82) is 0 Å². The number of aliphatic hydroxyl groups excluding tert-OH is 1. The Labute approximate surface area is 63.5 Å². The van der Waals surface area contributed by atoms with Crippen LogP contribution in [0.2, 0.25) is 0 Å².